The highest BCUT2D eigenvalue weighted by Gasteiger charge is 1.91. The van der Waals surface area contributed by atoms with E-state index in [1.807, 2.05) is 19.9 Å². The van der Waals surface area contributed by atoms with Crippen molar-refractivity contribution in [3.8, 4) is 0 Å². The largest absolute Gasteiger partial charge is 0.362 e. The minimum absolute atomic E-state index is 1.12. The third-order valence-electron chi connectivity index (χ3n) is 1.40. The molecule has 0 aliphatic rings. The van der Waals surface area contributed by atoms with Crippen molar-refractivity contribution >= 4 is 0 Å². The van der Waals surface area contributed by atoms with Gasteiger partial charge in [-0.05, 0) is 32.5 Å². The molecule has 0 spiro atoms. The molecule has 0 aliphatic heterocycles. The van der Waals surface area contributed by atoms with Crippen LogP contribution in [0.25, 0.3) is 0 Å². The molecule has 0 aromatic rings. The fraction of sp³-hybridized carbons (Fsp3) is 0.333. The first kappa shape index (κ1) is 9.02. The quantitative estimate of drug-likeness (QED) is 0.589. The lowest BCUT2D eigenvalue weighted by molar-refractivity contribution is 1.06. The summed E-state index contributed by atoms with van der Waals surface area (Å²) in [6.45, 7) is 9.66. The van der Waals surface area contributed by atoms with Gasteiger partial charge in [-0.25, -0.2) is 0 Å². The summed E-state index contributed by atoms with van der Waals surface area (Å²) in [4.78, 5) is 0. The fourth-order valence-electron chi connectivity index (χ4n) is 0.690. The van der Waals surface area contributed by atoms with Gasteiger partial charge in [0.25, 0.3) is 0 Å². The molecule has 1 heteroatoms. The first-order valence-electron chi connectivity index (χ1n) is 3.43. The second-order valence-electron chi connectivity index (χ2n) is 2.02. The lowest BCUT2D eigenvalue weighted by Crippen LogP contribution is -2.04. The summed E-state index contributed by atoms with van der Waals surface area (Å²) in [6.07, 6.45) is 5.77. The Hall–Kier alpha value is -0.980. The second kappa shape index (κ2) is 4.86. The molecular weight excluding hydrogens is 122 g/mol. The summed E-state index contributed by atoms with van der Waals surface area (Å²) < 4.78 is 0. The van der Waals surface area contributed by atoms with Crippen molar-refractivity contribution in [2.75, 3.05) is 0 Å². The zero-order valence-corrected chi connectivity index (χ0v) is 6.94. The normalized spacial score (nSPS) is 13.1. The summed E-state index contributed by atoms with van der Waals surface area (Å²) in [7, 11) is 0. The monoisotopic (exact) mass is 137 g/mol. The highest BCUT2D eigenvalue weighted by Crippen LogP contribution is 2.03. The van der Waals surface area contributed by atoms with Gasteiger partial charge in [0.15, 0.2) is 0 Å². The van der Waals surface area contributed by atoms with Crippen LogP contribution in [0.5, 0.6) is 0 Å². The third-order valence-corrected chi connectivity index (χ3v) is 1.40. The van der Waals surface area contributed by atoms with Gasteiger partial charge in [0.1, 0.15) is 0 Å². The van der Waals surface area contributed by atoms with Crippen LogP contribution in [0.2, 0.25) is 0 Å². The molecule has 0 radical (unpaired) electrons. The molecule has 0 fully saturated rings. The van der Waals surface area contributed by atoms with Gasteiger partial charge < -0.3 is 5.32 Å². The Morgan fingerprint density at radius 1 is 1.30 bits per heavy atom. The molecule has 0 saturated heterocycles. The van der Waals surface area contributed by atoms with Crippen LogP contribution < -0.4 is 5.32 Å². The Bertz CT molecular complexity index is 164. The van der Waals surface area contributed by atoms with E-state index in [9.17, 15) is 0 Å². The van der Waals surface area contributed by atoms with Gasteiger partial charge in [-0.3, -0.25) is 0 Å². The molecule has 0 atom stereocenters. The number of rotatable bonds is 3. The third kappa shape index (κ3) is 2.53. The zero-order valence-electron chi connectivity index (χ0n) is 6.94. The van der Waals surface area contributed by atoms with Crippen LogP contribution >= 0.6 is 0 Å². The molecule has 0 rings (SSSR count). The van der Waals surface area contributed by atoms with Crippen LogP contribution in [0.1, 0.15) is 20.8 Å². The molecule has 10 heavy (non-hydrogen) atoms. The van der Waals surface area contributed by atoms with E-state index >= 15 is 0 Å². The van der Waals surface area contributed by atoms with E-state index in [-0.39, 0.29) is 0 Å². The Balaban J connectivity index is 4.22. The molecular formula is C9H15N. The van der Waals surface area contributed by atoms with Gasteiger partial charge in [-0.2, -0.15) is 0 Å². The second-order valence-corrected chi connectivity index (χ2v) is 2.02. The van der Waals surface area contributed by atoms with Crippen molar-refractivity contribution in [2.24, 2.45) is 0 Å². The van der Waals surface area contributed by atoms with Crippen molar-refractivity contribution in [2.45, 2.75) is 20.8 Å². The molecule has 0 aromatic heterocycles. The van der Waals surface area contributed by atoms with Crippen LogP contribution in [0.15, 0.2) is 36.2 Å². The Kier molecular flexibility index (Phi) is 4.38. The summed E-state index contributed by atoms with van der Waals surface area (Å²) in [5, 5.41) is 3.04. The van der Waals surface area contributed by atoms with E-state index in [4.69, 9.17) is 0 Å². The number of hydrogen-bond donors (Lipinski definition) is 1. The summed E-state index contributed by atoms with van der Waals surface area (Å²) in [5.74, 6) is 0. The maximum atomic E-state index is 3.59. The van der Waals surface area contributed by atoms with E-state index in [0.29, 0.717) is 0 Å². The maximum Gasteiger partial charge on any atom is 0.0362 e. The van der Waals surface area contributed by atoms with Crippen LogP contribution in [0.4, 0.5) is 0 Å². The predicted molar refractivity (Wildman–Crippen MR) is 46.5 cm³/mol. The fourth-order valence-corrected chi connectivity index (χ4v) is 0.690. The molecule has 0 aromatic carbocycles. The maximum absolute atomic E-state index is 3.59. The van der Waals surface area contributed by atoms with Crippen LogP contribution in [0, 0.1) is 0 Å². The Labute approximate surface area is 63.1 Å². The number of hydrogen-bond acceptors (Lipinski definition) is 1. The lowest BCUT2D eigenvalue weighted by atomic mass is 10.2. The number of nitrogens with one attached hydrogen (secondary N) is 1. The van der Waals surface area contributed by atoms with E-state index < -0.39 is 0 Å². The highest BCUT2D eigenvalue weighted by molar-refractivity contribution is 5.27. The van der Waals surface area contributed by atoms with E-state index in [1.165, 1.54) is 5.57 Å². The molecule has 1 N–H and O–H groups in total. The van der Waals surface area contributed by atoms with E-state index in [0.717, 1.165) is 5.70 Å². The van der Waals surface area contributed by atoms with Crippen molar-refractivity contribution < 1.29 is 0 Å². The SMILES string of the molecule is C=CNC(=C/C)/C(C)=C\C. The topological polar surface area (TPSA) is 12.0 Å². The highest BCUT2D eigenvalue weighted by atomic mass is 14.8. The average molecular weight is 137 g/mol. The standard InChI is InChI=1S/C9H15N/c1-5-8(4)9(6-2)10-7-3/h5-7,10H,3H2,1-2,4H3/b8-5-,9-6+. The molecule has 0 bridgehead atoms. The molecule has 0 unspecified atom stereocenters. The van der Waals surface area contributed by atoms with Crippen molar-refractivity contribution in [3.05, 3.63) is 36.2 Å². The van der Waals surface area contributed by atoms with Crippen LogP contribution in [-0.2, 0) is 0 Å². The van der Waals surface area contributed by atoms with Gasteiger partial charge in [0, 0.05) is 5.70 Å². The predicted octanol–water partition coefficient (Wildman–Crippen LogP) is 2.59. The number of allylic oxidation sites excluding steroid dienone is 3. The van der Waals surface area contributed by atoms with Crippen LogP contribution in [-0.4, -0.2) is 0 Å². The van der Waals surface area contributed by atoms with Gasteiger partial charge >= 0.3 is 0 Å². The molecule has 1 nitrogen and oxygen atoms in total. The first-order chi connectivity index (χ1) is 4.76. The van der Waals surface area contributed by atoms with Gasteiger partial charge in [0.2, 0.25) is 0 Å². The molecule has 0 amide bonds. The molecule has 0 aliphatic carbocycles. The van der Waals surface area contributed by atoms with Crippen molar-refractivity contribution in [3.63, 3.8) is 0 Å². The summed E-state index contributed by atoms with van der Waals surface area (Å²) in [5.41, 5.74) is 2.36. The van der Waals surface area contributed by atoms with Gasteiger partial charge in [-0.15, -0.1) is 0 Å². The lowest BCUT2D eigenvalue weighted by Gasteiger charge is -2.04. The summed E-state index contributed by atoms with van der Waals surface area (Å²) in [6, 6.07) is 0. The average Bonchev–Trinajstić information content (AvgIpc) is 1.99. The van der Waals surface area contributed by atoms with Crippen molar-refractivity contribution in [1.29, 1.82) is 0 Å². The minimum Gasteiger partial charge on any atom is -0.362 e. The van der Waals surface area contributed by atoms with Gasteiger partial charge in [-0.1, -0.05) is 18.7 Å². The van der Waals surface area contributed by atoms with E-state index in [1.54, 1.807) is 6.20 Å². The van der Waals surface area contributed by atoms with Crippen molar-refractivity contribution in [1.82, 2.24) is 5.32 Å². The Morgan fingerprint density at radius 2 is 1.90 bits per heavy atom. The zero-order chi connectivity index (χ0) is 7.98. The van der Waals surface area contributed by atoms with E-state index in [2.05, 4.69) is 24.9 Å². The molecule has 56 valence electrons. The first-order valence-corrected chi connectivity index (χ1v) is 3.43. The minimum atomic E-state index is 1.12. The molecule has 0 saturated carbocycles. The molecule has 0 heterocycles. The van der Waals surface area contributed by atoms with Gasteiger partial charge in [0.05, 0.1) is 0 Å². The van der Waals surface area contributed by atoms with Crippen LogP contribution in [0.3, 0.4) is 0 Å². The summed E-state index contributed by atoms with van der Waals surface area (Å²) >= 11 is 0. The Morgan fingerprint density at radius 3 is 2.20 bits per heavy atom. The smallest absolute Gasteiger partial charge is 0.0362 e.